The summed E-state index contributed by atoms with van der Waals surface area (Å²) >= 11 is 0. The molecule has 0 atom stereocenters. The number of nitrogens with zero attached hydrogens (tertiary/aromatic N) is 4. The molecule has 0 spiro atoms. The molecule has 0 bridgehead atoms. The van der Waals surface area contributed by atoms with E-state index in [2.05, 4.69) is 155 Å². The maximum absolute atomic E-state index is 9.71. The topological polar surface area (TPSA) is 38.0 Å². The predicted molar refractivity (Wildman–Crippen MR) is 206 cm³/mol. The second kappa shape index (κ2) is 11.4. The Bertz CT molecular complexity index is 2890. The highest BCUT2D eigenvalue weighted by Crippen LogP contribution is 2.45. The van der Waals surface area contributed by atoms with Gasteiger partial charge in [0, 0.05) is 32.8 Å². The van der Waals surface area contributed by atoms with Gasteiger partial charge in [-0.05, 0) is 108 Å². The number of benzene rings is 7. The molecule has 0 aliphatic heterocycles. The van der Waals surface area contributed by atoms with Gasteiger partial charge in [0.1, 0.15) is 0 Å². The summed E-state index contributed by atoms with van der Waals surface area (Å²) in [5.74, 6) is 0. The molecule has 50 heavy (non-hydrogen) atoms. The Balaban J connectivity index is 1.40. The van der Waals surface area contributed by atoms with Crippen LogP contribution in [0.4, 0.5) is 5.69 Å². The summed E-state index contributed by atoms with van der Waals surface area (Å²) in [6, 6.07) is 53.1. The predicted octanol–water partition coefficient (Wildman–Crippen LogP) is 12.3. The van der Waals surface area contributed by atoms with Crippen LogP contribution < -0.4 is 0 Å². The lowest BCUT2D eigenvalue weighted by Gasteiger charge is -2.18. The zero-order chi connectivity index (χ0) is 33.9. The van der Waals surface area contributed by atoms with Crippen LogP contribution >= 0.6 is 0 Å². The van der Waals surface area contributed by atoms with Crippen LogP contribution in [-0.2, 0) is 0 Å². The van der Waals surface area contributed by atoms with Crippen LogP contribution in [0.1, 0.15) is 16.7 Å². The molecule has 0 saturated heterocycles. The summed E-state index contributed by atoms with van der Waals surface area (Å²) in [6.07, 6.45) is 0. The van der Waals surface area contributed by atoms with Crippen LogP contribution in [0.3, 0.4) is 0 Å². The average Bonchev–Trinajstić information content (AvgIpc) is 3.67. The van der Waals surface area contributed by atoms with Crippen molar-refractivity contribution in [1.82, 2.24) is 9.13 Å². The van der Waals surface area contributed by atoms with Crippen LogP contribution in [0.2, 0.25) is 0 Å². The van der Waals surface area contributed by atoms with E-state index in [0.29, 0.717) is 11.3 Å². The van der Waals surface area contributed by atoms with Gasteiger partial charge >= 0.3 is 0 Å². The highest BCUT2D eigenvalue weighted by molar-refractivity contribution is 6.17. The summed E-state index contributed by atoms with van der Waals surface area (Å²) in [6.45, 7) is 12.5. The number of aromatic nitrogens is 2. The first-order chi connectivity index (χ1) is 24.6. The van der Waals surface area contributed by atoms with Gasteiger partial charge in [-0.1, -0.05) is 84.9 Å². The summed E-state index contributed by atoms with van der Waals surface area (Å²) < 4.78 is 4.71. The molecule has 9 aromatic rings. The number of para-hydroxylation sites is 4. The number of nitriles is 1. The third kappa shape index (κ3) is 4.37. The maximum Gasteiger partial charge on any atom is 0.196 e. The van der Waals surface area contributed by atoms with Crippen LogP contribution in [0.25, 0.3) is 82.1 Å². The molecule has 0 aliphatic rings. The SMILES string of the molecule is [C-]#[N+]c1cc(C#N)ccc1-c1cc(-c2ccc3c(c2)c2ccccc2n3-c2ccccc2)cc2c3ccccc3n(-c3c(C)cccc3C)c12. The molecule has 0 N–H and O–H groups in total. The molecule has 234 valence electrons. The minimum absolute atomic E-state index is 0.460. The van der Waals surface area contributed by atoms with Crippen molar-refractivity contribution in [3.63, 3.8) is 0 Å². The summed E-state index contributed by atoms with van der Waals surface area (Å²) in [7, 11) is 0. The van der Waals surface area contributed by atoms with Crippen molar-refractivity contribution in [2.45, 2.75) is 13.8 Å². The van der Waals surface area contributed by atoms with Crippen molar-refractivity contribution in [1.29, 1.82) is 5.26 Å². The Hall–Kier alpha value is -6.88. The van der Waals surface area contributed by atoms with E-state index in [9.17, 15) is 5.26 Å². The van der Waals surface area contributed by atoms with E-state index in [0.717, 1.165) is 66.5 Å². The molecule has 0 radical (unpaired) electrons. The maximum atomic E-state index is 9.71. The van der Waals surface area contributed by atoms with Gasteiger partial charge in [0.05, 0.1) is 40.4 Å². The van der Waals surface area contributed by atoms with Gasteiger partial charge in [-0.2, -0.15) is 5.26 Å². The van der Waals surface area contributed by atoms with Crippen molar-refractivity contribution >= 4 is 49.3 Å². The van der Waals surface area contributed by atoms with E-state index < -0.39 is 0 Å². The van der Waals surface area contributed by atoms with Gasteiger partial charge in [0.25, 0.3) is 0 Å². The number of aryl methyl sites for hydroxylation is 2. The molecule has 2 aromatic heterocycles. The zero-order valence-electron chi connectivity index (χ0n) is 27.6. The zero-order valence-corrected chi connectivity index (χ0v) is 27.6. The smallest absolute Gasteiger partial charge is 0.196 e. The number of hydrogen-bond donors (Lipinski definition) is 0. The van der Waals surface area contributed by atoms with Crippen molar-refractivity contribution in [3.8, 4) is 39.7 Å². The minimum Gasteiger partial charge on any atom is -0.309 e. The fourth-order valence-electron chi connectivity index (χ4n) is 7.79. The second-order valence-electron chi connectivity index (χ2n) is 12.9. The molecule has 2 heterocycles. The van der Waals surface area contributed by atoms with E-state index >= 15 is 0 Å². The molecule has 0 aliphatic carbocycles. The van der Waals surface area contributed by atoms with Crippen molar-refractivity contribution < 1.29 is 0 Å². The first kappa shape index (κ1) is 29.3. The van der Waals surface area contributed by atoms with Crippen molar-refractivity contribution in [2.75, 3.05) is 0 Å². The fraction of sp³-hybridized carbons (Fsp3) is 0.0435. The van der Waals surface area contributed by atoms with E-state index in [1.165, 1.54) is 21.9 Å². The summed E-state index contributed by atoms with van der Waals surface area (Å²) in [4.78, 5) is 3.95. The number of fused-ring (bicyclic) bond motifs is 6. The van der Waals surface area contributed by atoms with Crippen molar-refractivity contribution in [2.24, 2.45) is 0 Å². The molecule has 0 unspecified atom stereocenters. The lowest BCUT2D eigenvalue weighted by Crippen LogP contribution is -2.01. The Morgan fingerprint density at radius 3 is 1.90 bits per heavy atom. The van der Waals surface area contributed by atoms with Crippen LogP contribution in [0, 0.1) is 31.8 Å². The monoisotopic (exact) mass is 638 g/mol. The second-order valence-corrected chi connectivity index (χ2v) is 12.9. The molecule has 9 rings (SSSR count). The lowest BCUT2D eigenvalue weighted by atomic mass is 9.93. The van der Waals surface area contributed by atoms with E-state index in [4.69, 9.17) is 6.57 Å². The molecule has 4 nitrogen and oxygen atoms in total. The highest BCUT2D eigenvalue weighted by atomic mass is 15.0. The molecule has 0 fully saturated rings. The van der Waals surface area contributed by atoms with E-state index in [1.807, 2.05) is 18.2 Å². The molecular formula is C46H30N4. The van der Waals surface area contributed by atoms with Crippen LogP contribution in [0.5, 0.6) is 0 Å². The van der Waals surface area contributed by atoms with Gasteiger partial charge in [-0.15, -0.1) is 0 Å². The normalized spacial score (nSPS) is 11.4. The first-order valence-electron chi connectivity index (χ1n) is 16.7. The van der Waals surface area contributed by atoms with E-state index in [-0.39, 0.29) is 0 Å². The third-order valence-corrected chi connectivity index (χ3v) is 9.99. The van der Waals surface area contributed by atoms with E-state index in [1.54, 1.807) is 6.07 Å². The number of rotatable bonds is 4. The van der Waals surface area contributed by atoms with Gasteiger partial charge in [-0.25, -0.2) is 4.85 Å². The Morgan fingerprint density at radius 1 is 0.540 bits per heavy atom. The molecule has 4 heteroatoms. The lowest BCUT2D eigenvalue weighted by molar-refractivity contribution is 1.12. The Morgan fingerprint density at radius 2 is 1.18 bits per heavy atom. The molecule has 0 amide bonds. The highest BCUT2D eigenvalue weighted by Gasteiger charge is 2.22. The van der Waals surface area contributed by atoms with Crippen molar-refractivity contribution in [3.05, 3.63) is 174 Å². The van der Waals surface area contributed by atoms with Crippen LogP contribution in [0.15, 0.2) is 146 Å². The standard InChI is InChI=1S/C46H30N4/c1-29-12-11-13-30(2)45(29)50-43-19-10-8-17-37(43)40-27-33(26-39(46(40)50)35-22-20-31(28-47)24-41(35)48-3)32-21-23-44-38(25-32)36-16-7-9-18-42(36)49(44)34-14-5-4-6-15-34/h4-27H,1-2H3. The average molecular weight is 639 g/mol. The van der Waals surface area contributed by atoms with Gasteiger partial charge in [0.15, 0.2) is 5.69 Å². The Labute approximate surface area is 290 Å². The molecule has 7 aromatic carbocycles. The largest absolute Gasteiger partial charge is 0.309 e. The summed E-state index contributed by atoms with van der Waals surface area (Å²) in [5.41, 5.74) is 13.9. The fourth-order valence-corrected chi connectivity index (χ4v) is 7.79. The van der Waals surface area contributed by atoms with Gasteiger partial charge in [-0.3, -0.25) is 0 Å². The van der Waals surface area contributed by atoms with Crippen LogP contribution in [-0.4, -0.2) is 9.13 Å². The molecule has 0 saturated carbocycles. The minimum atomic E-state index is 0.460. The number of hydrogen-bond acceptors (Lipinski definition) is 1. The third-order valence-electron chi connectivity index (χ3n) is 9.99. The van der Waals surface area contributed by atoms with Gasteiger partial charge in [0.2, 0.25) is 0 Å². The Kier molecular flexibility index (Phi) is 6.66. The molecular weight excluding hydrogens is 609 g/mol. The first-order valence-corrected chi connectivity index (χ1v) is 16.7. The summed E-state index contributed by atoms with van der Waals surface area (Å²) in [5, 5.41) is 14.4. The van der Waals surface area contributed by atoms with Gasteiger partial charge < -0.3 is 9.13 Å². The quantitative estimate of drug-likeness (QED) is 0.177.